The van der Waals surface area contributed by atoms with E-state index in [2.05, 4.69) is 143 Å². The van der Waals surface area contributed by atoms with Gasteiger partial charge in [0.2, 0.25) is 0 Å². The van der Waals surface area contributed by atoms with E-state index < -0.39 is 0 Å². The first-order valence-corrected chi connectivity index (χ1v) is 13.7. The number of benzene rings is 5. The maximum atomic E-state index is 3.70. The highest BCUT2D eigenvalue weighted by molar-refractivity contribution is 9.10. The molecule has 0 amide bonds. The minimum absolute atomic E-state index is 0.376. The van der Waals surface area contributed by atoms with E-state index >= 15 is 0 Å². The van der Waals surface area contributed by atoms with E-state index in [4.69, 9.17) is 0 Å². The Morgan fingerprint density at radius 1 is 0.583 bits per heavy atom. The number of anilines is 2. The SMILES string of the molecule is Brc1ccccc1Nc1cccc2c3c(sc12)-c1ccccc1C3(c1ccccc1)c1ccccc1. The van der Waals surface area contributed by atoms with E-state index in [0.717, 1.165) is 15.8 Å². The Balaban J connectivity index is 1.58. The number of hydrogen-bond acceptors (Lipinski definition) is 2. The van der Waals surface area contributed by atoms with Crippen LogP contribution < -0.4 is 5.32 Å². The molecule has 0 saturated heterocycles. The van der Waals surface area contributed by atoms with Crippen molar-refractivity contribution in [2.45, 2.75) is 5.41 Å². The zero-order valence-electron chi connectivity index (χ0n) is 19.4. The number of rotatable bonds is 4. The van der Waals surface area contributed by atoms with Crippen molar-refractivity contribution in [3.63, 3.8) is 0 Å². The molecule has 0 radical (unpaired) electrons. The van der Waals surface area contributed by atoms with Gasteiger partial charge in [-0.15, -0.1) is 11.3 Å². The largest absolute Gasteiger partial charge is 0.353 e. The summed E-state index contributed by atoms with van der Waals surface area (Å²) in [6.45, 7) is 0. The second kappa shape index (κ2) is 8.48. The third kappa shape index (κ3) is 3.06. The van der Waals surface area contributed by atoms with Gasteiger partial charge in [0, 0.05) is 9.35 Å². The van der Waals surface area contributed by atoms with Crippen molar-refractivity contribution < 1.29 is 0 Å². The summed E-state index contributed by atoms with van der Waals surface area (Å²) in [6.07, 6.45) is 0. The maximum absolute atomic E-state index is 3.70. The molecule has 0 saturated carbocycles. The fraction of sp³-hybridized carbons (Fsp3) is 0.0303. The van der Waals surface area contributed by atoms with E-state index in [1.54, 1.807) is 0 Å². The molecule has 5 aromatic carbocycles. The summed E-state index contributed by atoms with van der Waals surface area (Å²) >= 11 is 5.60. The number of nitrogens with one attached hydrogen (secondary N) is 1. The van der Waals surface area contributed by atoms with Crippen molar-refractivity contribution in [2.75, 3.05) is 5.32 Å². The first kappa shape index (κ1) is 21.6. The topological polar surface area (TPSA) is 12.0 Å². The molecule has 1 aliphatic rings. The molecule has 1 nitrogen and oxygen atoms in total. The lowest BCUT2D eigenvalue weighted by atomic mass is 9.67. The molecule has 36 heavy (non-hydrogen) atoms. The second-order valence-electron chi connectivity index (χ2n) is 9.12. The predicted octanol–water partition coefficient (Wildman–Crippen LogP) is 9.77. The van der Waals surface area contributed by atoms with Crippen molar-refractivity contribution in [1.82, 2.24) is 0 Å². The lowest BCUT2D eigenvalue weighted by Crippen LogP contribution is -2.28. The molecule has 1 aliphatic carbocycles. The fourth-order valence-electron chi connectivity index (χ4n) is 5.77. The van der Waals surface area contributed by atoms with Crippen LogP contribution in [0, 0.1) is 0 Å². The van der Waals surface area contributed by atoms with Crippen LogP contribution in [0.2, 0.25) is 0 Å². The molecule has 1 aromatic heterocycles. The lowest BCUT2D eigenvalue weighted by molar-refractivity contribution is 0.776. The number of halogens is 1. The van der Waals surface area contributed by atoms with Gasteiger partial charge in [0.05, 0.1) is 21.5 Å². The number of para-hydroxylation sites is 1. The second-order valence-corrected chi connectivity index (χ2v) is 11.0. The molecule has 0 spiro atoms. The van der Waals surface area contributed by atoms with Crippen molar-refractivity contribution in [3.05, 3.63) is 154 Å². The van der Waals surface area contributed by atoms with E-state index in [0.29, 0.717) is 0 Å². The normalized spacial score (nSPS) is 13.4. The molecule has 0 fully saturated rings. The Hall–Kier alpha value is -3.66. The average molecular weight is 545 g/mol. The molecular weight excluding hydrogens is 522 g/mol. The van der Waals surface area contributed by atoms with Gasteiger partial charge in [-0.1, -0.05) is 109 Å². The molecule has 3 heteroatoms. The van der Waals surface area contributed by atoms with Crippen molar-refractivity contribution in [3.8, 4) is 10.4 Å². The van der Waals surface area contributed by atoms with Gasteiger partial charge in [0.15, 0.2) is 0 Å². The minimum Gasteiger partial charge on any atom is -0.353 e. The van der Waals surface area contributed by atoms with Crippen LogP contribution in [0.1, 0.15) is 22.3 Å². The summed E-state index contributed by atoms with van der Waals surface area (Å²) in [5.74, 6) is 0. The van der Waals surface area contributed by atoms with E-state index in [1.165, 1.54) is 42.8 Å². The average Bonchev–Trinajstić information content (AvgIpc) is 3.46. The van der Waals surface area contributed by atoms with Gasteiger partial charge in [-0.3, -0.25) is 0 Å². The highest BCUT2D eigenvalue weighted by Crippen LogP contribution is 2.61. The van der Waals surface area contributed by atoms with Crippen molar-refractivity contribution in [1.29, 1.82) is 0 Å². The molecule has 7 rings (SSSR count). The summed E-state index contributed by atoms with van der Waals surface area (Å²) in [7, 11) is 0. The van der Waals surface area contributed by atoms with E-state index in [9.17, 15) is 0 Å². The summed E-state index contributed by atoms with van der Waals surface area (Å²) in [5, 5.41) is 5.00. The van der Waals surface area contributed by atoms with E-state index in [1.807, 2.05) is 17.4 Å². The Morgan fingerprint density at radius 2 is 1.19 bits per heavy atom. The van der Waals surface area contributed by atoms with Gasteiger partial charge in [0.25, 0.3) is 0 Å². The number of hydrogen-bond donors (Lipinski definition) is 1. The molecule has 172 valence electrons. The smallest absolute Gasteiger partial charge is 0.0728 e. The summed E-state index contributed by atoms with van der Waals surface area (Å²) in [4.78, 5) is 1.36. The first-order chi connectivity index (χ1) is 17.8. The Morgan fingerprint density at radius 3 is 1.92 bits per heavy atom. The van der Waals surface area contributed by atoms with Gasteiger partial charge in [-0.25, -0.2) is 0 Å². The standard InChI is InChI=1S/C33H22BrNS/c34-27-19-9-10-20-28(27)35-29-21-11-17-25-30-32(36-31(25)29)24-16-7-8-18-26(24)33(30,22-12-3-1-4-13-22)23-14-5-2-6-15-23/h1-21,35H. The quantitative estimate of drug-likeness (QED) is 0.233. The van der Waals surface area contributed by atoms with Crippen LogP contribution in [-0.2, 0) is 5.41 Å². The maximum Gasteiger partial charge on any atom is 0.0728 e. The van der Waals surface area contributed by atoms with Crippen molar-refractivity contribution in [2.24, 2.45) is 0 Å². The van der Waals surface area contributed by atoms with Gasteiger partial charge in [-0.05, 0) is 67.3 Å². The molecule has 0 unspecified atom stereocenters. The van der Waals surface area contributed by atoms with Gasteiger partial charge < -0.3 is 5.32 Å². The van der Waals surface area contributed by atoms with Crippen LogP contribution in [0.3, 0.4) is 0 Å². The predicted molar refractivity (Wildman–Crippen MR) is 157 cm³/mol. The van der Waals surface area contributed by atoms with E-state index in [-0.39, 0.29) is 5.41 Å². The highest BCUT2D eigenvalue weighted by Gasteiger charge is 2.48. The van der Waals surface area contributed by atoms with Crippen LogP contribution in [0.15, 0.2) is 132 Å². The molecule has 6 aromatic rings. The molecule has 0 aliphatic heterocycles. The molecule has 0 bridgehead atoms. The van der Waals surface area contributed by atoms with Crippen LogP contribution in [0.5, 0.6) is 0 Å². The van der Waals surface area contributed by atoms with Gasteiger partial charge >= 0.3 is 0 Å². The first-order valence-electron chi connectivity index (χ1n) is 12.1. The van der Waals surface area contributed by atoms with Crippen LogP contribution >= 0.6 is 27.3 Å². The van der Waals surface area contributed by atoms with Crippen molar-refractivity contribution >= 4 is 48.7 Å². The Bertz CT molecular complexity index is 1680. The monoisotopic (exact) mass is 543 g/mol. The zero-order valence-corrected chi connectivity index (χ0v) is 21.8. The fourth-order valence-corrected chi connectivity index (χ4v) is 7.52. The lowest BCUT2D eigenvalue weighted by Gasteiger charge is -2.33. The van der Waals surface area contributed by atoms with Crippen LogP contribution in [-0.4, -0.2) is 0 Å². The number of fused-ring (bicyclic) bond motifs is 5. The van der Waals surface area contributed by atoms with Crippen LogP contribution in [0.25, 0.3) is 20.5 Å². The Labute approximate surface area is 223 Å². The van der Waals surface area contributed by atoms with Crippen LogP contribution in [0.4, 0.5) is 11.4 Å². The number of thiophene rings is 1. The Kier molecular flexibility index (Phi) is 5.09. The molecule has 1 heterocycles. The molecular formula is C33H22BrNS. The summed E-state index contributed by atoms with van der Waals surface area (Å²) in [6, 6.07) is 45.9. The van der Waals surface area contributed by atoms with Gasteiger partial charge in [-0.2, -0.15) is 0 Å². The molecule has 1 N–H and O–H groups in total. The minimum atomic E-state index is -0.376. The zero-order chi connectivity index (χ0) is 24.1. The van der Waals surface area contributed by atoms with Gasteiger partial charge in [0.1, 0.15) is 0 Å². The summed E-state index contributed by atoms with van der Waals surface area (Å²) in [5.41, 5.74) is 8.48. The molecule has 0 atom stereocenters. The summed E-state index contributed by atoms with van der Waals surface area (Å²) < 4.78 is 2.34. The third-order valence-electron chi connectivity index (χ3n) is 7.22. The highest BCUT2D eigenvalue weighted by atomic mass is 79.9. The third-order valence-corrected chi connectivity index (χ3v) is 9.19.